The summed E-state index contributed by atoms with van der Waals surface area (Å²) >= 11 is 37.7. The standard InChI is InChI=1S/C40H22Cl6N6O4/c41-21-9-11-31(27(43)15-21)49-51-35-23-7-3-1-5-19(23)13-25(37(35)53)39(55)47-33-17-30(46)34(18-29(33)45)48-40(56)26-14-20-6-2-4-8-24(20)36(38(26)54)52-50-32-12-10-22(42)16-28(32)44/h1-18,53-54H,(H,47,55)(H,48,56). The van der Waals surface area contributed by atoms with Crippen molar-refractivity contribution < 1.29 is 19.8 Å². The number of aromatic hydroxyl groups is 2. The summed E-state index contributed by atoms with van der Waals surface area (Å²) in [6, 6.07) is 28.9. The molecule has 0 bridgehead atoms. The van der Waals surface area contributed by atoms with Gasteiger partial charge in [0.15, 0.2) is 11.5 Å². The first-order valence-electron chi connectivity index (χ1n) is 16.2. The average molecular weight is 863 g/mol. The van der Waals surface area contributed by atoms with Crippen LogP contribution in [0.3, 0.4) is 0 Å². The Balaban J connectivity index is 1.16. The highest BCUT2D eigenvalue weighted by Crippen LogP contribution is 2.43. The van der Waals surface area contributed by atoms with Gasteiger partial charge in [0.1, 0.15) is 22.7 Å². The minimum absolute atomic E-state index is 0.00677. The maximum Gasteiger partial charge on any atom is 0.259 e. The van der Waals surface area contributed by atoms with E-state index in [1.807, 2.05) is 0 Å². The van der Waals surface area contributed by atoms with Crippen LogP contribution in [0.25, 0.3) is 21.5 Å². The molecule has 0 aliphatic heterocycles. The minimum atomic E-state index is -0.744. The zero-order chi connectivity index (χ0) is 39.7. The molecule has 2 amide bonds. The van der Waals surface area contributed by atoms with Crippen molar-refractivity contribution in [1.82, 2.24) is 0 Å². The predicted molar refractivity (Wildman–Crippen MR) is 225 cm³/mol. The van der Waals surface area contributed by atoms with Gasteiger partial charge < -0.3 is 20.8 Å². The molecular weight excluding hydrogens is 841 g/mol. The molecule has 7 rings (SSSR count). The number of phenols is 2. The number of fused-ring (bicyclic) bond motifs is 2. The van der Waals surface area contributed by atoms with E-state index in [2.05, 4.69) is 31.1 Å². The van der Waals surface area contributed by atoms with Gasteiger partial charge in [-0.05, 0) is 71.4 Å². The Bertz CT molecular complexity index is 2620. The van der Waals surface area contributed by atoms with Crippen molar-refractivity contribution in [3.8, 4) is 11.5 Å². The number of amides is 2. The molecule has 0 unspecified atom stereocenters. The molecule has 56 heavy (non-hydrogen) atoms. The maximum atomic E-state index is 13.7. The van der Waals surface area contributed by atoms with Crippen molar-refractivity contribution in [3.05, 3.63) is 150 Å². The topological polar surface area (TPSA) is 148 Å². The summed E-state index contributed by atoms with van der Waals surface area (Å²) in [5.74, 6) is -2.39. The van der Waals surface area contributed by atoms with Gasteiger partial charge in [-0.15, -0.1) is 20.5 Å². The second-order valence-electron chi connectivity index (χ2n) is 12.0. The number of nitrogens with zero attached hydrogens (tertiary/aromatic N) is 4. The normalized spacial score (nSPS) is 11.5. The van der Waals surface area contributed by atoms with Gasteiger partial charge in [0.05, 0.1) is 42.6 Å². The molecule has 0 aliphatic carbocycles. The third kappa shape index (κ3) is 8.08. The van der Waals surface area contributed by atoms with E-state index in [1.54, 1.807) is 72.8 Å². The molecule has 0 aliphatic rings. The summed E-state index contributed by atoms with van der Waals surface area (Å²) in [5, 5.41) is 48.3. The Hall–Kier alpha value is -5.46. The quantitative estimate of drug-likeness (QED) is 0.113. The number of azo groups is 2. The third-order valence-electron chi connectivity index (χ3n) is 8.37. The van der Waals surface area contributed by atoms with E-state index in [1.165, 1.54) is 36.4 Å². The van der Waals surface area contributed by atoms with Crippen LogP contribution in [-0.4, -0.2) is 22.0 Å². The molecule has 0 saturated carbocycles. The van der Waals surface area contributed by atoms with Gasteiger partial charge in [0.25, 0.3) is 11.8 Å². The number of hydrogen-bond acceptors (Lipinski definition) is 8. The van der Waals surface area contributed by atoms with Gasteiger partial charge in [0.2, 0.25) is 0 Å². The minimum Gasteiger partial charge on any atom is -0.505 e. The highest BCUT2D eigenvalue weighted by Gasteiger charge is 2.23. The fourth-order valence-electron chi connectivity index (χ4n) is 5.63. The molecule has 0 saturated heterocycles. The van der Waals surface area contributed by atoms with Gasteiger partial charge >= 0.3 is 0 Å². The van der Waals surface area contributed by atoms with Crippen LogP contribution in [0.4, 0.5) is 34.1 Å². The Morgan fingerprint density at radius 3 is 1.25 bits per heavy atom. The van der Waals surface area contributed by atoms with Crippen LogP contribution in [-0.2, 0) is 0 Å². The number of anilines is 2. The largest absolute Gasteiger partial charge is 0.505 e. The highest BCUT2D eigenvalue weighted by molar-refractivity contribution is 6.39. The first-order valence-corrected chi connectivity index (χ1v) is 18.5. The number of nitrogens with one attached hydrogen (secondary N) is 2. The number of phenolic OH excluding ortho intramolecular Hbond substituents is 2. The van der Waals surface area contributed by atoms with Crippen LogP contribution in [0, 0.1) is 0 Å². The number of halogens is 6. The monoisotopic (exact) mass is 860 g/mol. The van der Waals surface area contributed by atoms with Crippen molar-refractivity contribution in [2.75, 3.05) is 10.6 Å². The van der Waals surface area contributed by atoms with Crippen molar-refractivity contribution in [2.24, 2.45) is 20.5 Å². The average Bonchev–Trinajstić information content (AvgIpc) is 3.16. The molecule has 0 spiro atoms. The van der Waals surface area contributed by atoms with Crippen LogP contribution in [0.1, 0.15) is 20.7 Å². The first-order chi connectivity index (χ1) is 26.9. The molecule has 4 N–H and O–H groups in total. The van der Waals surface area contributed by atoms with E-state index in [4.69, 9.17) is 69.6 Å². The summed E-state index contributed by atoms with van der Waals surface area (Å²) in [6.45, 7) is 0. The smallest absolute Gasteiger partial charge is 0.259 e. The lowest BCUT2D eigenvalue weighted by Gasteiger charge is -2.15. The summed E-state index contributed by atoms with van der Waals surface area (Å²) in [4.78, 5) is 27.3. The molecule has 10 nitrogen and oxygen atoms in total. The van der Waals surface area contributed by atoms with Crippen LogP contribution < -0.4 is 10.6 Å². The van der Waals surface area contributed by atoms with E-state index < -0.39 is 23.3 Å². The van der Waals surface area contributed by atoms with Gasteiger partial charge in [-0.25, -0.2) is 0 Å². The summed E-state index contributed by atoms with van der Waals surface area (Å²) in [5.41, 5.74) is 0.508. The lowest BCUT2D eigenvalue weighted by Crippen LogP contribution is -2.14. The zero-order valence-electron chi connectivity index (χ0n) is 28.2. The Kier molecular flexibility index (Phi) is 11.3. The number of hydrogen-bond donors (Lipinski definition) is 4. The van der Waals surface area contributed by atoms with E-state index >= 15 is 0 Å². The number of benzene rings is 7. The molecule has 16 heteroatoms. The van der Waals surface area contributed by atoms with E-state index in [0.29, 0.717) is 43.0 Å². The highest BCUT2D eigenvalue weighted by atomic mass is 35.5. The van der Waals surface area contributed by atoms with Crippen LogP contribution in [0.2, 0.25) is 30.1 Å². The van der Waals surface area contributed by atoms with Gasteiger partial charge in [-0.1, -0.05) is 118 Å². The molecule has 0 fully saturated rings. The SMILES string of the molecule is O=C(Nc1cc(Cl)c(NC(=O)c2cc3ccccc3c(N=Nc3ccc(Cl)cc3Cl)c2O)cc1Cl)c1cc2ccccc2c(N=Nc2ccc(Cl)cc2Cl)c1O. The van der Waals surface area contributed by atoms with Crippen LogP contribution >= 0.6 is 69.6 Å². The third-order valence-corrected chi connectivity index (χ3v) is 10.1. The number of carbonyl (C=O) groups excluding carboxylic acids is 2. The van der Waals surface area contributed by atoms with Crippen LogP contribution in [0.5, 0.6) is 11.5 Å². The van der Waals surface area contributed by atoms with Crippen molar-refractivity contribution in [2.45, 2.75) is 0 Å². The maximum absolute atomic E-state index is 13.7. The van der Waals surface area contributed by atoms with Gasteiger partial charge in [-0.3, -0.25) is 9.59 Å². The second-order valence-corrected chi connectivity index (χ2v) is 14.5. The summed E-state index contributed by atoms with van der Waals surface area (Å²) < 4.78 is 0. The molecule has 278 valence electrons. The summed E-state index contributed by atoms with van der Waals surface area (Å²) in [7, 11) is 0. The predicted octanol–water partition coefficient (Wildman–Crippen LogP) is 14.7. The lowest BCUT2D eigenvalue weighted by molar-refractivity contribution is 0.101. The zero-order valence-corrected chi connectivity index (χ0v) is 32.7. The fourth-order valence-corrected chi connectivity index (χ4v) is 6.95. The van der Waals surface area contributed by atoms with Crippen LogP contribution in [0.15, 0.2) is 130 Å². The fraction of sp³-hybridized carbons (Fsp3) is 0. The van der Waals surface area contributed by atoms with E-state index in [-0.39, 0.29) is 54.0 Å². The molecule has 7 aromatic rings. The van der Waals surface area contributed by atoms with E-state index in [9.17, 15) is 19.8 Å². The van der Waals surface area contributed by atoms with E-state index in [0.717, 1.165) is 0 Å². The number of carbonyl (C=O) groups is 2. The Morgan fingerprint density at radius 2 is 0.857 bits per heavy atom. The molecule has 0 aromatic heterocycles. The molecule has 7 aromatic carbocycles. The van der Waals surface area contributed by atoms with Crippen molar-refractivity contribution in [1.29, 1.82) is 0 Å². The van der Waals surface area contributed by atoms with Gasteiger partial charge in [0, 0.05) is 20.8 Å². The van der Waals surface area contributed by atoms with Gasteiger partial charge in [-0.2, -0.15) is 0 Å². The Morgan fingerprint density at radius 1 is 0.464 bits per heavy atom. The first kappa shape index (κ1) is 38.8. The summed E-state index contributed by atoms with van der Waals surface area (Å²) in [6.07, 6.45) is 0. The molecule has 0 atom stereocenters. The lowest BCUT2D eigenvalue weighted by atomic mass is 10.0. The Labute approximate surface area is 347 Å². The molecule has 0 heterocycles. The number of rotatable bonds is 8. The van der Waals surface area contributed by atoms with Crippen molar-refractivity contribution in [3.63, 3.8) is 0 Å². The molecular formula is C40H22Cl6N6O4. The molecule has 0 radical (unpaired) electrons. The van der Waals surface area contributed by atoms with Crippen molar-refractivity contribution >= 4 is 137 Å². The second kappa shape index (κ2) is 16.3.